The fraction of sp³-hybridized carbons (Fsp3) is 0.259. The van der Waals surface area contributed by atoms with Gasteiger partial charge in [0.25, 0.3) is 5.91 Å². The van der Waals surface area contributed by atoms with Gasteiger partial charge in [0.1, 0.15) is 10.6 Å². The van der Waals surface area contributed by atoms with Crippen molar-refractivity contribution in [3.05, 3.63) is 87.2 Å². The number of nitrogens with one attached hydrogen (secondary N) is 1. The van der Waals surface area contributed by atoms with Gasteiger partial charge in [-0.3, -0.25) is 9.59 Å². The molecule has 9 nitrogen and oxygen atoms in total. The number of aromatic nitrogens is 2. The minimum atomic E-state index is -1.26. The maximum Gasteiger partial charge on any atom is 0.353 e. The van der Waals surface area contributed by atoms with Crippen molar-refractivity contribution >= 4 is 39.2 Å². The Labute approximate surface area is 216 Å². The molecule has 1 aliphatic heterocycles. The third kappa shape index (κ3) is 4.85. The number of nitrogens with zero attached hydrogens (tertiary/aromatic N) is 3. The topological polar surface area (TPSA) is 125 Å². The molecule has 4 aromatic rings. The number of carboxylic acids is 1. The average Bonchev–Trinajstić information content (AvgIpc) is 3.43. The lowest BCUT2D eigenvalue weighted by Gasteiger charge is -2.30. The standard InChI is InChI=1S/C27H26N4O5S/c32-16-17-10-12-30(13-11-17)27-29-15-22(37-27)25(34)28-14-20-23(26(35)36)31(18-6-2-1-3-7-18)21-9-5-4-8-19(21)24(20)33/h1-9,15,17,32H,10-14,16H2,(H,28,34)(H,35,36). The number of aromatic carboxylic acids is 1. The highest BCUT2D eigenvalue weighted by atomic mass is 32.1. The number of anilines is 1. The number of hydrogen-bond acceptors (Lipinski definition) is 7. The first-order chi connectivity index (χ1) is 18.0. The van der Waals surface area contributed by atoms with Crippen molar-refractivity contribution in [3.8, 4) is 5.69 Å². The molecule has 1 aliphatic rings. The van der Waals surface area contributed by atoms with Crippen LogP contribution in [-0.4, -0.2) is 51.3 Å². The van der Waals surface area contributed by atoms with Crippen LogP contribution >= 0.6 is 11.3 Å². The second kappa shape index (κ2) is 10.5. The molecule has 2 aromatic carbocycles. The number of benzene rings is 2. The van der Waals surface area contributed by atoms with Gasteiger partial charge in [-0.1, -0.05) is 41.7 Å². The van der Waals surface area contributed by atoms with E-state index < -0.39 is 17.3 Å². The Kier molecular flexibility index (Phi) is 7.02. The number of para-hydroxylation sites is 2. The number of aliphatic hydroxyl groups excluding tert-OH is 1. The van der Waals surface area contributed by atoms with Gasteiger partial charge in [0.05, 0.1) is 17.3 Å². The third-order valence-corrected chi connectivity index (χ3v) is 7.73. The highest BCUT2D eigenvalue weighted by Gasteiger charge is 2.25. The van der Waals surface area contributed by atoms with Gasteiger partial charge in [-0.05, 0) is 43.0 Å². The van der Waals surface area contributed by atoms with E-state index in [1.54, 1.807) is 53.1 Å². The molecule has 0 aliphatic carbocycles. The normalized spacial score (nSPS) is 14.1. The van der Waals surface area contributed by atoms with E-state index in [1.807, 2.05) is 6.07 Å². The number of piperidine rings is 1. The Morgan fingerprint density at radius 2 is 1.76 bits per heavy atom. The summed E-state index contributed by atoms with van der Waals surface area (Å²) < 4.78 is 1.54. The molecule has 0 unspecified atom stereocenters. The SMILES string of the molecule is O=C(NCc1c(C(=O)O)n(-c2ccccc2)c2ccccc2c1=O)c1cnc(N2CCC(CO)CC2)s1. The zero-order valence-electron chi connectivity index (χ0n) is 20.0. The molecule has 3 N–H and O–H groups in total. The molecule has 3 heterocycles. The van der Waals surface area contributed by atoms with Crippen LogP contribution in [0.25, 0.3) is 16.6 Å². The summed E-state index contributed by atoms with van der Waals surface area (Å²) in [5.74, 6) is -1.39. The Morgan fingerprint density at radius 1 is 1.05 bits per heavy atom. The van der Waals surface area contributed by atoms with E-state index in [4.69, 9.17) is 0 Å². The number of amides is 1. The molecule has 2 aromatic heterocycles. The quantitative estimate of drug-likeness (QED) is 0.343. The predicted molar refractivity (Wildman–Crippen MR) is 142 cm³/mol. The highest BCUT2D eigenvalue weighted by molar-refractivity contribution is 7.17. The van der Waals surface area contributed by atoms with Gasteiger partial charge in [0.2, 0.25) is 0 Å². The maximum atomic E-state index is 13.4. The minimum Gasteiger partial charge on any atom is -0.477 e. The molecule has 1 amide bonds. The van der Waals surface area contributed by atoms with Gasteiger partial charge in [-0.2, -0.15) is 0 Å². The van der Waals surface area contributed by atoms with E-state index >= 15 is 0 Å². The molecule has 1 fully saturated rings. The van der Waals surface area contributed by atoms with Crippen molar-refractivity contribution in [3.63, 3.8) is 0 Å². The number of carboxylic acid groups (broad SMARTS) is 1. The number of aliphatic hydroxyl groups is 1. The van der Waals surface area contributed by atoms with E-state index in [0.29, 0.717) is 27.4 Å². The summed E-state index contributed by atoms with van der Waals surface area (Å²) in [6, 6.07) is 15.8. The van der Waals surface area contributed by atoms with E-state index in [0.717, 1.165) is 31.1 Å². The number of carbonyl (C=O) groups excluding carboxylic acids is 1. The van der Waals surface area contributed by atoms with E-state index in [1.165, 1.54) is 17.5 Å². The van der Waals surface area contributed by atoms with Crippen LogP contribution in [0.1, 0.15) is 38.6 Å². The van der Waals surface area contributed by atoms with Crippen LogP contribution < -0.4 is 15.6 Å². The first-order valence-electron chi connectivity index (χ1n) is 12.0. The van der Waals surface area contributed by atoms with Crippen LogP contribution in [0.2, 0.25) is 0 Å². The van der Waals surface area contributed by atoms with Crippen molar-refractivity contribution in [2.24, 2.45) is 5.92 Å². The Hall–Kier alpha value is -4.02. The fourth-order valence-corrected chi connectivity index (χ4v) is 5.58. The summed E-state index contributed by atoms with van der Waals surface area (Å²) >= 11 is 1.25. The monoisotopic (exact) mass is 518 g/mol. The van der Waals surface area contributed by atoms with Crippen molar-refractivity contribution in [1.29, 1.82) is 0 Å². The van der Waals surface area contributed by atoms with Gasteiger partial charge >= 0.3 is 5.97 Å². The first kappa shape index (κ1) is 24.7. The second-order valence-electron chi connectivity index (χ2n) is 8.95. The molecule has 0 atom stereocenters. The van der Waals surface area contributed by atoms with Gasteiger partial charge in [-0.25, -0.2) is 9.78 Å². The van der Waals surface area contributed by atoms with E-state index in [9.17, 15) is 24.6 Å². The molecule has 0 saturated carbocycles. The molecule has 37 heavy (non-hydrogen) atoms. The molecular weight excluding hydrogens is 492 g/mol. The van der Waals surface area contributed by atoms with Crippen molar-refractivity contribution < 1.29 is 19.8 Å². The summed E-state index contributed by atoms with van der Waals surface area (Å²) in [5, 5.41) is 23.3. The van der Waals surface area contributed by atoms with Gasteiger partial charge in [0, 0.05) is 37.3 Å². The van der Waals surface area contributed by atoms with Crippen LogP contribution in [0, 0.1) is 5.92 Å². The molecular formula is C27H26N4O5S. The lowest BCUT2D eigenvalue weighted by atomic mass is 9.98. The Bertz CT molecular complexity index is 1510. The number of rotatable bonds is 7. The first-order valence-corrected chi connectivity index (χ1v) is 12.8. The number of pyridine rings is 1. The largest absolute Gasteiger partial charge is 0.477 e. The second-order valence-corrected chi connectivity index (χ2v) is 9.96. The molecule has 1 saturated heterocycles. The summed E-state index contributed by atoms with van der Waals surface area (Å²) in [4.78, 5) is 45.7. The summed E-state index contributed by atoms with van der Waals surface area (Å²) in [6.07, 6.45) is 3.23. The highest BCUT2D eigenvalue weighted by Crippen LogP contribution is 2.27. The molecule has 5 rings (SSSR count). The maximum absolute atomic E-state index is 13.4. The van der Waals surface area contributed by atoms with Gasteiger partial charge in [-0.15, -0.1) is 0 Å². The van der Waals surface area contributed by atoms with Crippen molar-refractivity contribution in [2.45, 2.75) is 19.4 Å². The Balaban J connectivity index is 1.45. The smallest absolute Gasteiger partial charge is 0.353 e. The Morgan fingerprint density at radius 3 is 2.46 bits per heavy atom. The lowest BCUT2D eigenvalue weighted by molar-refractivity contribution is 0.0685. The fourth-order valence-electron chi connectivity index (χ4n) is 4.70. The molecule has 0 spiro atoms. The van der Waals surface area contributed by atoms with Gasteiger partial charge < -0.3 is 25.0 Å². The van der Waals surface area contributed by atoms with E-state index in [2.05, 4.69) is 15.2 Å². The van der Waals surface area contributed by atoms with Crippen molar-refractivity contribution in [1.82, 2.24) is 14.9 Å². The summed E-state index contributed by atoms with van der Waals surface area (Å²) in [6.45, 7) is 1.46. The van der Waals surface area contributed by atoms with Crippen LogP contribution in [-0.2, 0) is 6.54 Å². The van der Waals surface area contributed by atoms with E-state index in [-0.39, 0.29) is 24.4 Å². The zero-order chi connectivity index (χ0) is 25.9. The number of fused-ring (bicyclic) bond motifs is 1. The lowest BCUT2D eigenvalue weighted by Crippen LogP contribution is -2.34. The van der Waals surface area contributed by atoms with Crippen LogP contribution in [0.15, 0.2) is 65.6 Å². The third-order valence-electron chi connectivity index (χ3n) is 6.68. The summed E-state index contributed by atoms with van der Waals surface area (Å²) in [5.41, 5.74) is 0.451. The van der Waals surface area contributed by atoms with Crippen LogP contribution in [0.5, 0.6) is 0 Å². The van der Waals surface area contributed by atoms with Crippen molar-refractivity contribution in [2.75, 3.05) is 24.6 Å². The molecule has 0 bridgehead atoms. The average molecular weight is 519 g/mol. The molecule has 0 radical (unpaired) electrons. The zero-order valence-corrected chi connectivity index (χ0v) is 20.8. The summed E-state index contributed by atoms with van der Waals surface area (Å²) in [7, 11) is 0. The number of hydrogen-bond donors (Lipinski definition) is 3. The molecule has 190 valence electrons. The minimum absolute atomic E-state index is 0.000724. The number of thiazole rings is 1. The van der Waals surface area contributed by atoms with Crippen LogP contribution in [0.4, 0.5) is 5.13 Å². The van der Waals surface area contributed by atoms with Gasteiger partial charge in [0.15, 0.2) is 10.6 Å². The molecule has 10 heteroatoms. The number of carbonyl (C=O) groups is 2. The van der Waals surface area contributed by atoms with Crippen LogP contribution in [0.3, 0.4) is 0 Å². The predicted octanol–water partition coefficient (Wildman–Crippen LogP) is 3.28.